The van der Waals surface area contributed by atoms with Crippen LogP contribution in [0.25, 0.3) is 0 Å². The van der Waals surface area contributed by atoms with Crippen molar-refractivity contribution in [1.82, 2.24) is 5.32 Å². The average molecular weight is 214 g/mol. The topological polar surface area (TPSA) is 75.3 Å². The van der Waals surface area contributed by atoms with Gasteiger partial charge in [-0.2, -0.15) is 0 Å². The Hall–Kier alpha value is -0.610. The summed E-state index contributed by atoms with van der Waals surface area (Å²) in [6, 6.07) is -0.00431. The molecule has 0 aromatic rings. The van der Waals surface area contributed by atoms with E-state index in [1.165, 1.54) is 0 Å². The number of hydrogen-bond donors (Lipinski definition) is 3. The number of nitrogens with one attached hydrogen (secondary N) is 1. The van der Waals surface area contributed by atoms with Crippen molar-refractivity contribution in [2.24, 2.45) is 11.1 Å². The number of amides is 1. The zero-order valence-electron chi connectivity index (χ0n) is 9.46. The molecule has 2 unspecified atom stereocenters. The third-order valence-electron chi connectivity index (χ3n) is 3.42. The molecule has 0 saturated heterocycles. The van der Waals surface area contributed by atoms with Gasteiger partial charge in [-0.25, -0.2) is 0 Å². The molecule has 88 valence electrons. The molecular formula is C11H22N2O2. The monoisotopic (exact) mass is 214 g/mol. The van der Waals surface area contributed by atoms with Gasteiger partial charge >= 0.3 is 0 Å². The number of rotatable bonds is 5. The third-order valence-corrected chi connectivity index (χ3v) is 3.42. The van der Waals surface area contributed by atoms with E-state index in [2.05, 4.69) is 5.32 Å². The van der Waals surface area contributed by atoms with Crippen LogP contribution in [-0.4, -0.2) is 30.2 Å². The van der Waals surface area contributed by atoms with Gasteiger partial charge in [0.15, 0.2) is 0 Å². The van der Waals surface area contributed by atoms with Crippen molar-refractivity contribution in [3.05, 3.63) is 0 Å². The Balaban J connectivity index is 2.32. The minimum Gasteiger partial charge on any atom is -0.396 e. The van der Waals surface area contributed by atoms with Crippen LogP contribution in [0.2, 0.25) is 0 Å². The Labute approximate surface area is 91.2 Å². The van der Waals surface area contributed by atoms with E-state index in [4.69, 9.17) is 10.8 Å². The van der Waals surface area contributed by atoms with E-state index < -0.39 is 0 Å². The Morgan fingerprint density at radius 3 is 2.87 bits per heavy atom. The van der Waals surface area contributed by atoms with Gasteiger partial charge in [-0.05, 0) is 32.6 Å². The molecule has 1 amide bonds. The lowest BCUT2D eigenvalue weighted by Crippen LogP contribution is -2.47. The van der Waals surface area contributed by atoms with Crippen LogP contribution < -0.4 is 11.1 Å². The van der Waals surface area contributed by atoms with E-state index >= 15 is 0 Å². The predicted molar refractivity (Wildman–Crippen MR) is 59.3 cm³/mol. The van der Waals surface area contributed by atoms with Crippen molar-refractivity contribution in [2.45, 2.75) is 45.1 Å². The molecular weight excluding hydrogens is 192 g/mol. The van der Waals surface area contributed by atoms with Crippen LogP contribution in [0.5, 0.6) is 0 Å². The number of aliphatic hydroxyl groups is 1. The second-order valence-electron chi connectivity index (χ2n) is 4.60. The summed E-state index contributed by atoms with van der Waals surface area (Å²) in [6.07, 6.45) is 4.44. The van der Waals surface area contributed by atoms with E-state index in [9.17, 15) is 4.79 Å². The summed E-state index contributed by atoms with van der Waals surface area (Å²) in [6.45, 7) is 2.78. The van der Waals surface area contributed by atoms with Gasteiger partial charge in [0, 0.05) is 19.2 Å². The molecule has 0 spiro atoms. The minimum atomic E-state index is -0.376. The van der Waals surface area contributed by atoms with E-state index in [0.717, 1.165) is 32.1 Å². The standard InChI is InChI=1S/C11H22N2O2/c1-11(6-4-5-9(11)12)10(15)13-7-2-3-8-14/h9,14H,2-8,12H2,1H3,(H,13,15). The summed E-state index contributed by atoms with van der Waals surface area (Å²) in [7, 11) is 0. The first-order chi connectivity index (χ1) is 7.11. The second-order valence-corrected chi connectivity index (χ2v) is 4.60. The number of nitrogens with two attached hydrogens (primary N) is 1. The Morgan fingerprint density at radius 1 is 1.60 bits per heavy atom. The zero-order chi connectivity index (χ0) is 11.3. The van der Waals surface area contributed by atoms with E-state index in [-0.39, 0.29) is 24.0 Å². The maximum Gasteiger partial charge on any atom is 0.227 e. The highest BCUT2D eigenvalue weighted by molar-refractivity contribution is 5.83. The highest BCUT2D eigenvalue weighted by Gasteiger charge is 2.42. The van der Waals surface area contributed by atoms with Gasteiger partial charge in [0.1, 0.15) is 0 Å². The first-order valence-corrected chi connectivity index (χ1v) is 5.76. The van der Waals surface area contributed by atoms with Crippen LogP contribution in [0.3, 0.4) is 0 Å². The molecule has 1 aliphatic rings. The Morgan fingerprint density at radius 2 is 2.33 bits per heavy atom. The maximum absolute atomic E-state index is 11.9. The van der Waals surface area contributed by atoms with Gasteiger partial charge in [-0.15, -0.1) is 0 Å². The van der Waals surface area contributed by atoms with Crippen molar-refractivity contribution in [1.29, 1.82) is 0 Å². The first-order valence-electron chi connectivity index (χ1n) is 5.76. The molecule has 0 bridgehead atoms. The van der Waals surface area contributed by atoms with Crippen molar-refractivity contribution in [3.8, 4) is 0 Å². The van der Waals surface area contributed by atoms with Gasteiger partial charge < -0.3 is 16.2 Å². The molecule has 1 saturated carbocycles. The van der Waals surface area contributed by atoms with Gasteiger partial charge in [-0.3, -0.25) is 4.79 Å². The van der Waals surface area contributed by atoms with E-state index in [1.807, 2.05) is 6.92 Å². The molecule has 0 aromatic heterocycles. The van der Waals surface area contributed by atoms with Gasteiger partial charge in [0.05, 0.1) is 5.41 Å². The number of aliphatic hydroxyl groups excluding tert-OH is 1. The number of carbonyl (C=O) groups is 1. The van der Waals surface area contributed by atoms with Crippen molar-refractivity contribution >= 4 is 5.91 Å². The van der Waals surface area contributed by atoms with Crippen LogP contribution in [0.15, 0.2) is 0 Å². The van der Waals surface area contributed by atoms with Gasteiger partial charge in [0.25, 0.3) is 0 Å². The third kappa shape index (κ3) is 2.92. The van der Waals surface area contributed by atoms with Crippen LogP contribution >= 0.6 is 0 Å². The highest BCUT2D eigenvalue weighted by Crippen LogP contribution is 2.36. The van der Waals surface area contributed by atoms with Crippen LogP contribution in [-0.2, 0) is 4.79 Å². The summed E-state index contributed by atoms with van der Waals surface area (Å²) in [5.41, 5.74) is 5.57. The molecule has 4 nitrogen and oxygen atoms in total. The van der Waals surface area contributed by atoms with Crippen LogP contribution in [0, 0.1) is 5.41 Å². The average Bonchev–Trinajstić information content (AvgIpc) is 2.55. The number of hydrogen-bond acceptors (Lipinski definition) is 3. The summed E-state index contributed by atoms with van der Waals surface area (Å²) in [5.74, 6) is 0.0745. The molecule has 0 radical (unpaired) electrons. The lowest BCUT2D eigenvalue weighted by molar-refractivity contribution is -0.130. The first kappa shape index (κ1) is 12.5. The molecule has 1 aliphatic carbocycles. The van der Waals surface area contributed by atoms with Crippen LogP contribution in [0.1, 0.15) is 39.0 Å². The van der Waals surface area contributed by atoms with Gasteiger partial charge in [0.2, 0.25) is 5.91 Å². The summed E-state index contributed by atoms with van der Waals surface area (Å²) in [5, 5.41) is 11.5. The Kier molecular flexibility index (Phi) is 4.54. The van der Waals surface area contributed by atoms with E-state index in [1.54, 1.807) is 0 Å². The molecule has 15 heavy (non-hydrogen) atoms. The van der Waals surface area contributed by atoms with Crippen molar-refractivity contribution in [3.63, 3.8) is 0 Å². The lowest BCUT2D eigenvalue weighted by atomic mass is 9.84. The smallest absolute Gasteiger partial charge is 0.227 e. The minimum absolute atomic E-state index is 0.00431. The van der Waals surface area contributed by atoms with Crippen LogP contribution in [0.4, 0.5) is 0 Å². The largest absolute Gasteiger partial charge is 0.396 e. The fourth-order valence-corrected chi connectivity index (χ4v) is 2.12. The predicted octanol–water partition coefficient (Wildman–Crippen LogP) is 0.393. The fourth-order valence-electron chi connectivity index (χ4n) is 2.12. The van der Waals surface area contributed by atoms with Crippen molar-refractivity contribution in [2.75, 3.05) is 13.2 Å². The summed E-state index contributed by atoms with van der Waals surface area (Å²) in [4.78, 5) is 11.9. The summed E-state index contributed by atoms with van der Waals surface area (Å²) < 4.78 is 0. The number of unbranched alkanes of at least 4 members (excludes halogenated alkanes) is 1. The summed E-state index contributed by atoms with van der Waals surface area (Å²) >= 11 is 0. The quantitative estimate of drug-likeness (QED) is 0.580. The SMILES string of the molecule is CC1(C(=O)NCCCCO)CCCC1N. The maximum atomic E-state index is 11.9. The lowest BCUT2D eigenvalue weighted by Gasteiger charge is -2.27. The van der Waals surface area contributed by atoms with E-state index in [0.29, 0.717) is 6.54 Å². The molecule has 1 fully saturated rings. The molecule has 4 N–H and O–H groups in total. The highest BCUT2D eigenvalue weighted by atomic mass is 16.2. The fraction of sp³-hybridized carbons (Fsp3) is 0.909. The Bertz CT molecular complexity index is 221. The normalized spacial score (nSPS) is 30.5. The molecule has 4 heteroatoms. The molecule has 0 aliphatic heterocycles. The number of carbonyl (C=O) groups excluding carboxylic acids is 1. The second kappa shape index (κ2) is 5.47. The molecule has 1 rings (SSSR count). The molecule has 0 heterocycles. The molecule has 2 atom stereocenters. The van der Waals surface area contributed by atoms with Crippen molar-refractivity contribution < 1.29 is 9.90 Å². The zero-order valence-corrected chi connectivity index (χ0v) is 9.46. The van der Waals surface area contributed by atoms with Gasteiger partial charge in [-0.1, -0.05) is 6.42 Å². The molecule has 0 aromatic carbocycles.